The summed E-state index contributed by atoms with van der Waals surface area (Å²) in [6.07, 6.45) is 1.44. The second kappa shape index (κ2) is 13.1. The number of aryl methyl sites for hydroxylation is 1. The van der Waals surface area contributed by atoms with Gasteiger partial charge in [0.25, 0.3) is 0 Å². The fourth-order valence-electron chi connectivity index (χ4n) is 3.95. The molecule has 3 rings (SSSR count). The number of hydrogen-bond acceptors (Lipinski definition) is 6. The van der Waals surface area contributed by atoms with Gasteiger partial charge in [-0.2, -0.15) is 0 Å². The van der Waals surface area contributed by atoms with Crippen LogP contribution in [0.4, 0.5) is 5.69 Å². The second-order valence-corrected chi connectivity index (χ2v) is 9.36. The van der Waals surface area contributed by atoms with Crippen molar-refractivity contribution in [3.8, 4) is 0 Å². The molecule has 34 heavy (non-hydrogen) atoms. The maximum absolute atomic E-state index is 13.4. The van der Waals surface area contributed by atoms with Gasteiger partial charge in [-0.25, -0.2) is 4.79 Å². The molecule has 0 spiro atoms. The number of carbonyl (C=O) groups is 2. The fourth-order valence-corrected chi connectivity index (χ4v) is 4.79. The van der Waals surface area contributed by atoms with E-state index in [1.807, 2.05) is 79.0 Å². The SMILES string of the molecule is CCC(CC)[C@H](CNCC(=O)c1cc(C)cs1)OC(=O)C(Nc1ccccc1)c1ccccc1. The van der Waals surface area contributed by atoms with Gasteiger partial charge in [-0.3, -0.25) is 4.79 Å². The van der Waals surface area contributed by atoms with E-state index >= 15 is 0 Å². The number of benzene rings is 2. The van der Waals surface area contributed by atoms with E-state index in [4.69, 9.17) is 4.74 Å². The molecule has 0 aliphatic heterocycles. The van der Waals surface area contributed by atoms with Crippen LogP contribution in [0.15, 0.2) is 72.1 Å². The van der Waals surface area contributed by atoms with Crippen molar-refractivity contribution in [3.05, 3.63) is 88.1 Å². The van der Waals surface area contributed by atoms with Crippen molar-refractivity contribution in [3.63, 3.8) is 0 Å². The minimum Gasteiger partial charge on any atom is -0.459 e. The molecule has 180 valence electrons. The van der Waals surface area contributed by atoms with Crippen molar-refractivity contribution < 1.29 is 14.3 Å². The number of Topliss-reactive ketones (excluding diaryl/α,β-unsaturated/α-hetero) is 1. The lowest BCUT2D eigenvalue weighted by Crippen LogP contribution is -2.40. The molecule has 0 amide bonds. The van der Waals surface area contributed by atoms with Crippen molar-refractivity contribution >= 4 is 28.8 Å². The summed E-state index contributed by atoms with van der Waals surface area (Å²) in [5.41, 5.74) is 2.79. The van der Waals surface area contributed by atoms with E-state index in [-0.39, 0.29) is 30.3 Å². The largest absolute Gasteiger partial charge is 0.459 e. The number of para-hydroxylation sites is 1. The van der Waals surface area contributed by atoms with Gasteiger partial charge in [0, 0.05) is 12.2 Å². The standard InChI is InChI=1S/C28H34N2O3S/c1-4-21(5-2)25(18-29-17-24(31)26-16-20(3)19-34-26)33-28(32)27(22-12-8-6-9-13-22)30-23-14-10-7-11-15-23/h6-16,19,21,25,27,29-30H,4-5,17-18H2,1-3H3/t25-,27?/m0/s1. The normalized spacial score (nSPS) is 12.8. The number of esters is 1. The molecular formula is C28H34N2O3S. The topological polar surface area (TPSA) is 67.4 Å². The van der Waals surface area contributed by atoms with Crippen molar-refractivity contribution in [1.82, 2.24) is 5.32 Å². The molecule has 0 saturated carbocycles. The van der Waals surface area contributed by atoms with Gasteiger partial charge in [-0.05, 0) is 60.4 Å². The summed E-state index contributed by atoms with van der Waals surface area (Å²) in [4.78, 5) is 26.7. The average Bonchev–Trinajstić information content (AvgIpc) is 3.30. The summed E-state index contributed by atoms with van der Waals surface area (Å²) in [5, 5.41) is 8.54. The van der Waals surface area contributed by atoms with E-state index < -0.39 is 6.04 Å². The molecule has 3 aromatic rings. The zero-order valence-corrected chi connectivity index (χ0v) is 20.9. The highest BCUT2D eigenvalue weighted by Gasteiger charge is 2.28. The summed E-state index contributed by atoms with van der Waals surface area (Å²) < 4.78 is 6.10. The Kier molecular flexibility index (Phi) is 9.86. The Morgan fingerprint density at radius 1 is 0.971 bits per heavy atom. The smallest absolute Gasteiger partial charge is 0.333 e. The van der Waals surface area contributed by atoms with Gasteiger partial charge < -0.3 is 15.4 Å². The van der Waals surface area contributed by atoms with Crippen LogP contribution in [-0.4, -0.2) is 30.9 Å². The minimum atomic E-state index is -0.629. The minimum absolute atomic E-state index is 0.0561. The molecule has 0 aliphatic carbocycles. The molecule has 2 atom stereocenters. The zero-order chi connectivity index (χ0) is 24.3. The van der Waals surface area contributed by atoms with E-state index in [1.54, 1.807) is 0 Å². The van der Waals surface area contributed by atoms with Crippen LogP contribution in [0.3, 0.4) is 0 Å². The van der Waals surface area contributed by atoms with Crippen molar-refractivity contribution in [1.29, 1.82) is 0 Å². The maximum atomic E-state index is 13.4. The Hall–Kier alpha value is -2.96. The first-order chi connectivity index (χ1) is 16.5. The number of rotatable bonds is 13. The molecule has 2 aromatic carbocycles. The van der Waals surface area contributed by atoms with Crippen LogP contribution in [0.2, 0.25) is 0 Å². The third-order valence-electron chi connectivity index (χ3n) is 5.93. The predicted octanol–water partition coefficient (Wildman–Crippen LogP) is 6.03. The third kappa shape index (κ3) is 7.27. The van der Waals surface area contributed by atoms with Crippen LogP contribution < -0.4 is 10.6 Å². The number of carbonyl (C=O) groups excluding carboxylic acids is 2. The van der Waals surface area contributed by atoms with Gasteiger partial charge in [0.05, 0.1) is 11.4 Å². The number of hydrogen-bond donors (Lipinski definition) is 2. The Morgan fingerprint density at radius 3 is 2.21 bits per heavy atom. The number of nitrogens with one attached hydrogen (secondary N) is 2. The van der Waals surface area contributed by atoms with Gasteiger partial charge >= 0.3 is 5.97 Å². The molecule has 6 heteroatoms. The molecule has 0 bridgehead atoms. The van der Waals surface area contributed by atoms with Gasteiger partial charge in [-0.15, -0.1) is 11.3 Å². The average molecular weight is 479 g/mol. The summed E-state index contributed by atoms with van der Waals surface area (Å²) >= 11 is 1.46. The Balaban J connectivity index is 1.70. The molecule has 1 unspecified atom stereocenters. The Bertz CT molecular complexity index is 1030. The van der Waals surface area contributed by atoms with E-state index in [0.717, 1.165) is 34.5 Å². The zero-order valence-electron chi connectivity index (χ0n) is 20.1. The fraction of sp³-hybridized carbons (Fsp3) is 0.357. The lowest BCUT2D eigenvalue weighted by Gasteiger charge is -2.28. The third-order valence-corrected chi connectivity index (χ3v) is 7.02. The van der Waals surface area contributed by atoms with E-state index in [2.05, 4.69) is 24.5 Å². The molecule has 2 N–H and O–H groups in total. The Morgan fingerprint density at radius 2 is 1.62 bits per heavy atom. The number of anilines is 1. The highest BCUT2D eigenvalue weighted by Crippen LogP contribution is 2.24. The molecule has 0 saturated heterocycles. The van der Waals surface area contributed by atoms with Crippen LogP contribution in [0.1, 0.15) is 53.5 Å². The van der Waals surface area contributed by atoms with Crippen LogP contribution in [-0.2, 0) is 9.53 Å². The first-order valence-electron chi connectivity index (χ1n) is 11.9. The molecule has 5 nitrogen and oxygen atoms in total. The quantitative estimate of drug-likeness (QED) is 0.232. The molecule has 0 fully saturated rings. The summed E-state index contributed by atoms with van der Waals surface area (Å²) in [6.45, 7) is 6.84. The highest BCUT2D eigenvalue weighted by molar-refractivity contribution is 7.12. The maximum Gasteiger partial charge on any atom is 0.333 e. The van der Waals surface area contributed by atoms with Gasteiger partial charge in [-0.1, -0.05) is 62.4 Å². The number of ether oxygens (including phenoxy) is 1. The van der Waals surface area contributed by atoms with Gasteiger partial charge in [0.2, 0.25) is 0 Å². The van der Waals surface area contributed by atoms with Crippen molar-refractivity contribution in [2.45, 2.75) is 45.8 Å². The molecule has 0 aliphatic rings. The number of ketones is 1. The van der Waals surface area contributed by atoms with Crippen molar-refractivity contribution in [2.24, 2.45) is 5.92 Å². The lowest BCUT2D eigenvalue weighted by molar-refractivity contribution is -0.153. The number of thiophene rings is 1. The first-order valence-corrected chi connectivity index (χ1v) is 12.8. The Labute approximate surface area is 206 Å². The van der Waals surface area contributed by atoms with Crippen LogP contribution in [0, 0.1) is 12.8 Å². The van der Waals surface area contributed by atoms with Crippen LogP contribution in [0.5, 0.6) is 0 Å². The molecular weight excluding hydrogens is 444 g/mol. The lowest BCUT2D eigenvalue weighted by atomic mass is 9.96. The van der Waals surface area contributed by atoms with Gasteiger partial charge in [0.15, 0.2) is 11.8 Å². The monoisotopic (exact) mass is 478 g/mol. The molecule has 1 aromatic heterocycles. The first kappa shape index (κ1) is 25.7. The van der Waals surface area contributed by atoms with E-state index in [0.29, 0.717) is 6.54 Å². The van der Waals surface area contributed by atoms with E-state index in [9.17, 15) is 9.59 Å². The van der Waals surface area contributed by atoms with Crippen molar-refractivity contribution in [2.75, 3.05) is 18.4 Å². The summed E-state index contributed by atoms with van der Waals surface area (Å²) in [7, 11) is 0. The van der Waals surface area contributed by atoms with Crippen LogP contribution >= 0.6 is 11.3 Å². The summed E-state index contributed by atoms with van der Waals surface area (Å²) in [6, 6.07) is 20.6. The predicted molar refractivity (Wildman–Crippen MR) is 139 cm³/mol. The van der Waals surface area contributed by atoms with E-state index in [1.165, 1.54) is 11.3 Å². The summed E-state index contributed by atoms with van der Waals surface area (Å²) in [5.74, 6) is -0.0710. The highest BCUT2D eigenvalue weighted by atomic mass is 32.1. The molecule has 0 radical (unpaired) electrons. The molecule has 1 heterocycles. The second-order valence-electron chi connectivity index (χ2n) is 8.45. The van der Waals surface area contributed by atoms with Gasteiger partial charge in [0.1, 0.15) is 6.10 Å². The van der Waals surface area contributed by atoms with Crippen LogP contribution in [0.25, 0.3) is 0 Å².